The fourth-order valence-electron chi connectivity index (χ4n) is 5.65. The summed E-state index contributed by atoms with van der Waals surface area (Å²) in [5, 5.41) is 0. The third-order valence-corrected chi connectivity index (χ3v) is 7.49. The molecule has 2 aromatic rings. The van der Waals surface area contributed by atoms with Crippen LogP contribution in [0, 0.1) is 5.92 Å². The predicted octanol–water partition coefficient (Wildman–Crippen LogP) is 5.17. The summed E-state index contributed by atoms with van der Waals surface area (Å²) in [7, 11) is 6.75. The summed E-state index contributed by atoms with van der Waals surface area (Å²) in [6.07, 6.45) is 4.61. The number of unbranched alkanes of at least 4 members (excludes halogenated alkanes) is 1. The monoisotopic (exact) mass is 490 g/mol. The fraction of sp³-hybridized carbons (Fsp3) is 0.556. The Hall–Kier alpha value is -2.15. The molecule has 2 aromatic carbocycles. The largest absolute Gasteiger partial charge is 0.493 e. The smallest absolute Gasteiger partial charge is 0.161 e. The number of nitrogens with zero attached hydrogens (tertiary/aromatic N) is 1. The zero-order valence-corrected chi connectivity index (χ0v) is 21.8. The highest BCUT2D eigenvalue weighted by molar-refractivity contribution is 5.85. The molecule has 4 rings (SSSR count). The molecule has 1 fully saturated rings. The van der Waals surface area contributed by atoms with Crippen molar-refractivity contribution < 1.29 is 18.9 Å². The lowest BCUT2D eigenvalue weighted by molar-refractivity contribution is 0.0728. The molecule has 0 amide bonds. The maximum absolute atomic E-state index is 6.71. The highest BCUT2D eigenvalue weighted by Crippen LogP contribution is 2.48. The van der Waals surface area contributed by atoms with Crippen molar-refractivity contribution in [1.82, 2.24) is 4.90 Å². The Morgan fingerprint density at radius 2 is 1.47 bits per heavy atom. The van der Waals surface area contributed by atoms with Crippen molar-refractivity contribution in [3.8, 4) is 23.0 Å². The van der Waals surface area contributed by atoms with E-state index in [2.05, 4.69) is 36.1 Å². The van der Waals surface area contributed by atoms with Gasteiger partial charge in [0.25, 0.3) is 0 Å². The summed E-state index contributed by atoms with van der Waals surface area (Å²) in [4.78, 5) is 2.64. The van der Waals surface area contributed by atoms with Crippen molar-refractivity contribution in [3.63, 3.8) is 0 Å². The van der Waals surface area contributed by atoms with E-state index in [-0.39, 0.29) is 24.4 Å². The maximum Gasteiger partial charge on any atom is 0.161 e. The Balaban J connectivity index is 0.00000324. The normalized spacial score (nSPS) is 23.8. The van der Waals surface area contributed by atoms with Crippen LogP contribution in [0.2, 0.25) is 0 Å². The number of nitrogens with two attached hydrogens (primary N) is 1. The van der Waals surface area contributed by atoms with Crippen LogP contribution in [0.4, 0.5) is 0 Å². The molecular formula is C27H39ClN2O4. The van der Waals surface area contributed by atoms with Gasteiger partial charge in [-0.25, -0.2) is 0 Å². The lowest BCUT2D eigenvalue weighted by atomic mass is 9.75. The molecule has 7 heteroatoms. The number of hydrogen-bond donors (Lipinski definition) is 1. The minimum atomic E-state index is 0. The van der Waals surface area contributed by atoms with E-state index in [4.69, 9.17) is 24.7 Å². The molecule has 2 heterocycles. The number of methoxy groups -OCH3 is 4. The minimum absolute atomic E-state index is 0. The molecule has 0 aliphatic carbocycles. The summed E-state index contributed by atoms with van der Waals surface area (Å²) in [6.45, 7) is 4.22. The minimum Gasteiger partial charge on any atom is -0.493 e. The lowest BCUT2D eigenvalue weighted by Crippen LogP contribution is -2.51. The number of hydrogen-bond acceptors (Lipinski definition) is 6. The SMILES string of the molecule is CCCC[C@@H]1CN2C[C@H](c3ccc(OC)c(OC)c3)c3cc(OC)c(OC)cc3[C@H]2C[C@@H]1N.Cl. The van der Waals surface area contributed by atoms with E-state index in [1.165, 1.54) is 36.0 Å². The Kier molecular flexibility index (Phi) is 8.96. The predicted molar refractivity (Wildman–Crippen MR) is 138 cm³/mol. The summed E-state index contributed by atoms with van der Waals surface area (Å²) in [6, 6.07) is 11.1. The fourth-order valence-corrected chi connectivity index (χ4v) is 5.65. The van der Waals surface area contributed by atoms with E-state index < -0.39 is 0 Å². The van der Waals surface area contributed by atoms with Gasteiger partial charge in [-0.2, -0.15) is 0 Å². The number of benzene rings is 2. The highest BCUT2D eigenvalue weighted by Gasteiger charge is 2.41. The van der Waals surface area contributed by atoms with Gasteiger partial charge in [0, 0.05) is 31.1 Å². The van der Waals surface area contributed by atoms with Gasteiger partial charge in [-0.05, 0) is 59.7 Å². The second kappa shape index (κ2) is 11.5. The molecule has 1 saturated heterocycles. The molecule has 34 heavy (non-hydrogen) atoms. The van der Waals surface area contributed by atoms with Crippen LogP contribution in [0.1, 0.15) is 61.3 Å². The lowest BCUT2D eigenvalue weighted by Gasteiger charge is -2.48. The topological polar surface area (TPSA) is 66.2 Å². The van der Waals surface area contributed by atoms with Crippen molar-refractivity contribution in [1.29, 1.82) is 0 Å². The van der Waals surface area contributed by atoms with Gasteiger partial charge in [0.2, 0.25) is 0 Å². The van der Waals surface area contributed by atoms with Crippen LogP contribution in [-0.2, 0) is 0 Å². The Morgan fingerprint density at radius 1 is 0.853 bits per heavy atom. The molecule has 0 saturated carbocycles. The second-order valence-corrected chi connectivity index (χ2v) is 9.27. The first kappa shape index (κ1) is 26.5. The number of rotatable bonds is 8. The zero-order valence-electron chi connectivity index (χ0n) is 21.0. The Morgan fingerprint density at radius 3 is 2.09 bits per heavy atom. The summed E-state index contributed by atoms with van der Waals surface area (Å²) in [5.41, 5.74) is 10.5. The summed E-state index contributed by atoms with van der Waals surface area (Å²) in [5.74, 6) is 3.75. The van der Waals surface area contributed by atoms with E-state index in [1.54, 1.807) is 28.4 Å². The van der Waals surface area contributed by atoms with Gasteiger partial charge >= 0.3 is 0 Å². The second-order valence-electron chi connectivity index (χ2n) is 9.27. The first-order valence-electron chi connectivity index (χ1n) is 12.0. The average Bonchev–Trinajstić information content (AvgIpc) is 2.85. The molecule has 0 unspecified atom stereocenters. The van der Waals surface area contributed by atoms with Crippen LogP contribution in [0.25, 0.3) is 0 Å². The molecule has 2 N–H and O–H groups in total. The van der Waals surface area contributed by atoms with Gasteiger partial charge in [-0.3, -0.25) is 4.90 Å². The van der Waals surface area contributed by atoms with Gasteiger partial charge in [-0.1, -0.05) is 25.8 Å². The van der Waals surface area contributed by atoms with Crippen LogP contribution in [-0.4, -0.2) is 52.5 Å². The number of piperidine rings is 1. The Labute approximate surface area is 210 Å². The van der Waals surface area contributed by atoms with E-state index in [9.17, 15) is 0 Å². The number of ether oxygens (including phenoxy) is 4. The van der Waals surface area contributed by atoms with Crippen LogP contribution < -0.4 is 24.7 Å². The highest BCUT2D eigenvalue weighted by atomic mass is 35.5. The van der Waals surface area contributed by atoms with Crippen molar-refractivity contribution in [2.45, 2.75) is 50.6 Å². The Bertz CT molecular complexity index is 970. The van der Waals surface area contributed by atoms with Crippen LogP contribution >= 0.6 is 12.4 Å². The molecule has 2 aliphatic heterocycles. The molecule has 0 radical (unpaired) electrons. The zero-order chi connectivity index (χ0) is 23.5. The standard InChI is InChI=1S/C27H38N2O4.ClH/c1-6-7-8-18-15-29-16-21(17-9-10-24(30-2)25(11-17)31-3)19-12-26(32-4)27(33-5)13-20(19)23(29)14-22(18)28;/h9-13,18,21-23H,6-8,14-16,28H2,1-5H3;1H/t18-,21-,22+,23-;/m1./s1. The average molecular weight is 491 g/mol. The molecular weight excluding hydrogens is 452 g/mol. The van der Waals surface area contributed by atoms with Gasteiger partial charge in [0.15, 0.2) is 23.0 Å². The van der Waals surface area contributed by atoms with Crippen LogP contribution in [0.3, 0.4) is 0 Å². The third kappa shape index (κ3) is 4.95. The summed E-state index contributed by atoms with van der Waals surface area (Å²) >= 11 is 0. The van der Waals surface area contributed by atoms with Crippen molar-refractivity contribution >= 4 is 12.4 Å². The van der Waals surface area contributed by atoms with Gasteiger partial charge in [0.1, 0.15) is 0 Å². The molecule has 6 nitrogen and oxygen atoms in total. The van der Waals surface area contributed by atoms with Gasteiger partial charge in [0.05, 0.1) is 28.4 Å². The van der Waals surface area contributed by atoms with Gasteiger partial charge in [-0.15, -0.1) is 12.4 Å². The maximum atomic E-state index is 6.71. The van der Waals surface area contributed by atoms with Gasteiger partial charge < -0.3 is 24.7 Å². The first-order chi connectivity index (χ1) is 16.0. The van der Waals surface area contributed by atoms with Crippen molar-refractivity contribution in [3.05, 3.63) is 47.0 Å². The molecule has 0 bridgehead atoms. The summed E-state index contributed by atoms with van der Waals surface area (Å²) < 4.78 is 22.5. The molecule has 2 aliphatic rings. The van der Waals surface area contributed by atoms with E-state index in [1.807, 2.05) is 6.07 Å². The van der Waals surface area contributed by atoms with Crippen molar-refractivity contribution in [2.24, 2.45) is 11.7 Å². The van der Waals surface area contributed by atoms with Crippen molar-refractivity contribution in [2.75, 3.05) is 41.5 Å². The van der Waals surface area contributed by atoms with Crippen LogP contribution in [0.15, 0.2) is 30.3 Å². The van der Waals surface area contributed by atoms with E-state index in [0.29, 0.717) is 12.0 Å². The first-order valence-corrected chi connectivity index (χ1v) is 12.0. The molecule has 4 atom stereocenters. The third-order valence-electron chi connectivity index (χ3n) is 7.49. The number of halogens is 1. The molecule has 0 aromatic heterocycles. The van der Waals surface area contributed by atoms with E-state index in [0.717, 1.165) is 42.5 Å². The molecule has 188 valence electrons. The quantitative estimate of drug-likeness (QED) is 0.550. The van der Waals surface area contributed by atoms with Crippen LogP contribution in [0.5, 0.6) is 23.0 Å². The number of fused-ring (bicyclic) bond motifs is 3. The van der Waals surface area contributed by atoms with E-state index >= 15 is 0 Å². The molecule has 0 spiro atoms.